The van der Waals surface area contributed by atoms with E-state index in [0.717, 1.165) is 24.9 Å². The largest absolute Gasteiger partial charge is 0.342 e. The highest BCUT2D eigenvalue weighted by Crippen LogP contribution is 2.28. The van der Waals surface area contributed by atoms with Crippen LogP contribution in [0.25, 0.3) is 0 Å². The molecule has 0 radical (unpaired) electrons. The number of anilines is 1. The first kappa shape index (κ1) is 14.9. The Morgan fingerprint density at radius 1 is 1.24 bits per heavy atom. The lowest BCUT2D eigenvalue weighted by molar-refractivity contribution is 0.316. The van der Waals surface area contributed by atoms with Crippen LogP contribution in [0.4, 0.5) is 5.95 Å². The van der Waals surface area contributed by atoms with Gasteiger partial charge in [-0.2, -0.15) is 0 Å². The van der Waals surface area contributed by atoms with Crippen molar-refractivity contribution in [3.63, 3.8) is 0 Å². The van der Waals surface area contributed by atoms with Gasteiger partial charge in [0.2, 0.25) is 5.95 Å². The van der Waals surface area contributed by atoms with E-state index in [9.17, 15) is 0 Å². The van der Waals surface area contributed by atoms with Gasteiger partial charge in [-0.1, -0.05) is 13.8 Å². The Morgan fingerprint density at radius 2 is 2.05 bits per heavy atom. The summed E-state index contributed by atoms with van der Waals surface area (Å²) in [5.74, 6) is 2.09. The van der Waals surface area contributed by atoms with Crippen LogP contribution in [-0.4, -0.2) is 35.2 Å². The molecule has 4 nitrogen and oxygen atoms in total. The molecule has 1 unspecified atom stereocenters. The molecule has 2 fully saturated rings. The van der Waals surface area contributed by atoms with Gasteiger partial charge in [-0.3, -0.25) is 0 Å². The number of piperidine rings is 1. The molecule has 21 heavy (non-hydrogen) atoms. The van der Waals surface area contributed by atoms with Crippen LogP contribution in [-0.2, 0) is 13.0 Å². The number of hydrogen-bond donors (Lipinski definition) is 1. The molecule has 0 bridgehead atoms. The third-order valence-corrected chi connectivity index (χ3v) is 5.12. The summed E-state index contributed by atoms with van der Waals surface area (Å²) in [6.45, 7) is 9.10. The zero-order chi connectivity index (χ0) is 14.7. The Morgan fingerprint density at radius 3 is 2.67 bits per heavy atom. The van der Waals surface area contributed by atoms with Crippen molar-refractivity contribution in [2.75, 3.05) is 24.5 Å². The second-order valence-electron chi connectivity index (χ2n) is 6.61. The Balaban J connectivity index is 1.64. The number of rotatable bonds is 5. The summed E-state index contributed by atoms with van der Waals surface area (Å²) in [7, 11) is 0. The molecule has 1 aromatic heterocycles. The predicted molar refractivity (Wildman–Crippen MR) is 87.9 cm³/mol. The fourth-order valence-corrected chi connectivity index (χ4v) is 3.90. The molecule has 0 spiro atoms. The molecular formula is C17H30N4. The van der Waals surface area contributed by atoms with Gasteiger partial charge >= 0.3 is 0 Å². The molecule has 1 atom stereocenters. The molecule has 3 heterocycles. The second-order valence-corrected chi connectivity index (χ2v) is 6.61. The van der Waals surface area contributed by atoms with Gasteiger partial charge in [-0.15, -0.1) is 0 Å². The fraction of sp³-hybridized carbons (Fsp3) is 0.824. The highest BCUT2D eigenvalue weighted by molar-refractivity contribution is 5.34. The monoisotopic (exact) mass is 290 g/mol. The maximum atomic E-state index is 4.87. The van der Waals surface area contributed by atoms with Gasteiger partial charge in [0, 0.05) is 31.9 Å². The molecule has 2 aliphatic heterocycles. The number of nitrogens with one attached hydrogen (secondary N) is 1. The molecule has 2 aliphatic rings. The van der Waals surface area contributed by atoms with Crippen LogP contribution in [0.5, 0.6) is 0 Å². The highest BCUT2D eigenvalue weighted by Gasteiger charge is 2.29. The van der Waals surface area contributed by atoms with E-state index in [-0.39, 0.29) is 0 Å². The molecule has 0 aromatic carbocycles. The highest BCUT2D eigenvalue weighted by atomic mass is 15.3. The van der Waals surface area contributed by atoms with E-state index in [0.29, 0.717) is 0 Å². The van der Waals surface area contributed by atoms with Crippen molar-refractivity contribution in [2.45, 2.75) is 65.0 Å². The van der Waals surface area contributed by atoms with Crippen molar-refractivity contribution in [2.24, 2.45) is 5.92 Å². The molecule has 1 aromatic rings. The summed E-state index contributed by atoms with van der Waals surface area (Å²) < 4.78 is 2.37. The number of imidazole rings is 1. The minimum atomic E-state index is 0.786. The first-order valence-electron chi connectivity index (χ1n) is 8.86. The van der Waals surface area contributed by atoms with Crippen LogP contribution in [0, 0.1) is 5.92 Å². The van der Waals surface area contributed by atoms with E-state index in [1.54, 1.807) is 0 Å². The molecule has 0 saturated carbocycles. The Bertz CT molecular complexity index is 440. The molecule has 118 valence electrons. The van der Waals surface area contributed by atoms with Crippen LogP contribution in [0.2, 0.25) is 0 Å². The summed E-state index contributed by atoms with van der Waals surface area (Å²) >= 11 is 0. The van der Waals surface area contributed by atoms with Crippen LogP contribution in [0.3, 0.4) is 0 Å². The van der Waals surface area contributed by atoms with E-state index in [1.165, 1.54) is 63.4 Å². The van der Waals surface area contributed by atoms with Crippen molar-refractivity contribution >= 4 is 5.95 Å². The molecule has 1 N–H and O–H groups in total. The van der Waals surface area contributed by atoms with E-state index in [4.69, 9.17) is 4.98 Å². The SMILES string of the molecule is CCCn1cc(CC)nc1N1CCC(C2CCCN2)CC1. The molecule has 0 amide bonds. The Kier molecular flexibility index (Phi) is 4.84. The normalized spacial score (nSPS) is 23.9. The van der Waals surface area contributed by atoms with Crippen LogP contribution in [0.15, 0.2) is 6.20 Å². The molecule has 3 rings (SSSR count). The number of hydrogen-bond acceptors (Lipinski definition) is 3. The van der Waals surface area contributed by atoms with Gasteiger partial charge in [0.1, 0.15) is 0 Å². The average molecular weight is 290 g/mol. The standard InChI is InChI=1S/C17H30N4/c1-3-10-21-13-15(4-2)19-17(21)20-11-7-14(8-12-20)16-6-5-9-18-16/h13-14,16,18H,3-12H2,1-2H3. The fourth-order valence-electron chi connectivity index (χ4n) is 3.90. The first-order valence-corrected chi connectivity index (χ1v) is 8.86. The van der Waals surface area contributed by atoms with E-state index in [2.05, 4.69) is 34.8 Å². The van der Waals surface area contributed by atoms with Crippen molar-refractivity contribution in [3.05, 3.63) is 11.9 Å². The topological polar surface area (TPSA) is 33.1 Å². The number of nitrogens with zero attached hydrogens (tertiary/aromatic N) is 3. The zero-order valence-electron chi connectivity index (χ0n) is 13.6. The van der Waals surface area contributed by atoms with Crippen LogP contribution in [0.1, 0.15) is 51.6 Å². The van der Waals surface area contributed by atoms with E-state index in [1.807, 2.05) is 0 Å². The van der Waals surface area contributed by atoms with Gasteiger partial charge in [0.15, 0.2) is 0 Å². The summed E-state index contributed by atoms with van der Waals surface area (Å²) in [6.07, 6.45) is 9.85. The van der Waals surface area contributed by atoms with Crippen LogP contribution >= 0.6 is 0 Å². The van der Waals surface area contributed by atoms with Gasteiger partial charge in [0.25, 0.3) is 0 Å². The minimum absolute atomic E-state index is 0.786. The summed E-state index contributed by atoms with van der Waals surface area (Å²) in [5, 5.41) is 3.69. The molecular weight excluding hydrogens is 260 g/mol. The molecule has 0 aliphatic carbocycles. The van der Waals surface area contributed by atoms with Crippen molar-refractivity contribution in [1.82, 2.24) is 14.9 Å². The summed E-state index contributed by atoms with van der Waals surface area (Å²) in [6, 6.07) is 0.786. The van der Waals surface area contributed by atoms with Gasteiger partial charge in [0.05, 0.1) is 5.69 Å². The van der Waals surface area contributed by atoms with Crippen LogP contribution < -0.4 is 10.2 Å². The average Bonchev–Trinajstić information content (AvgIpc) is 3.17. The minimum Gasteiger partial charge on any atom is -0.342 e. The molecule has 4 heteroatoms. The first-order chi connectivity index (χ1) is 10.3. The van der Waals surface area contributed by atoms with Crippen molar-refractivity contribution in [1.29, 1.82) is 0 Å². The quantitative estimate of drug-likeness (QED) is 0.905. The lowest BCUT2D eigenvalue weighted by Crippen LogP contribution is -2.41. The smallest absolute Gasteiger partial charge is 0.205 e. The van der Waals surface area contributed by atoms with Gasteiger partial charge < -0.3 is 14.8 Å². The number of aromatic nitrogens is 2. The maximum Gasteiger partial charge on any atom is 0.205 e. The van der Waals surface area contributed by atoms with E-state index < -0.39 is 0 Å². The Labute approximate surface area is 128 Å². The Hall–Kier alpha value is -1.03. The lowest BCUT2D eigenvalue weighted by Gasteiger charge is -2.35. The molecule has 2 saturated heterocycles. The number of aryl methyl sites for hydroxylation is 2. The third-order valence-electron chi connectivity index (χ3n) is 5.12. The third kappa shape index (κ3) is 3.25. The van der Waals surface area contributed by atoms with Gasteiger partial charge in [-0.05, 0) is 51.0 Å². The van der Waals surface area contributed by atoms with E-state index >= 15 is 0 Å². The van der Waals surface area contributed by atoms with Crippen molar-refractivity contribution in [3.8, 4) is 0 Å². The van der Waals surface area contributed by atoms with Crippen molar-refractivity contribution < 1.29 is 0 Å². The van der Waals surface area contributed by atoms with Gasteiger partial charge in [-0.25, -0.2) is 4.98 Å². The zero-order valence-corrected chi connectivity index (χ0v) is 13.6. The summed E-state index contributed by atoms with van der Waals surface area (Å²) in [4.78, 5) is 7.38. The lowest BCUT2D eigenvalue weighted by atomic mass is 9.89. The second kappa shape index (κ2) is 6.82. The predicted octanol–water partition coefficient (Wildman–Crippen LogP) is 2.82. The summed E-state index contributed by atoms with van der Waals surface area (Å²) in [5.41, 5.74) is 1.23. The maximum absolute atomic E-state index is 4.87.